The zero-order valence-corrected chi connectivity index (χ0v) is 17.0. The van der Waals surface area contributed by atoms with Gasteiger partial charge in [-0.25, -0.2) is 0 Å². The van der Waals surface area contributed by atoms with Crippen LogP contribution in [0.3, 0.4) is 0 Å². The molecule has 2 aromatic carbocycles. The summed E-state index contributed by atoms with van der Waals surface area (Å²) in [6.45, 7) is 1.82. The molecule has 154 valence electrons. The van der Waals surface area contributed by atoms with Gasteiger partial charge in [0.2, 0.25) is 5.91 Å². The topological polar surface area (TPSA) is 60.5 Å². The summed E-state index contributed by atoms with van der Waals surface area (Å²) in [6, 6.07) is 16.2. The van der Waals surface area contributed by atoms with Crippen LogP contribution in [0.1, 0.15) is 36.8 Å². The quantitative estimate of drug-likeness (QED) is 0.696. The van der Waals surface area contributed by atoms with Crippen molar-refractivity contribution in [2.24, 2.45) is 0 Å². The fraction of sp³-hybridized carbons (Fsp3) is 0.360. The van der Waals surface area contributed by atoms with E-state index in [4.69, 9.17) is 9.47 Å². The Kier molecular flexibility index (Phi) is 5.03. The van der Waals surface area contributed by atoms with Gasteiger partial charge in [-0.3, -0.25) is 9.78 Å². The number of aromatic nitrogens is 1. The standard InChI is InChI=1S/C25H26N2O3/c28-23(15-19-6-3-5-18-7-4-12-26-24(18)19)27-17-25(10-1-2-11-25)20-8-9-21-22(16-20)30-14-13-29-21/h3-9,12,16H,1-2,10-11,13-15,17H2,(H,27,28). The smallest absolute Gasteiger partial charge is 0.224 e. The van der Waals surface area contributed by atoms with Gasteiger partial charge in [0.1, 0.15) is 13.2 Å². The number of nitrogens with one attached hydrogen (secondary N) is 1. The second-order valence-corrected chi connectivity index (χ2v) is 8.29. The number of benzene rings is 2. The number of hydrogen-bond donors (Lipinski definition) is 1. The lowest BCUT2D eigenvalue weighted by Gasteiger charge is -2.31. The summed E-state index contributed by atoms with van der Waals surface area (Å²) in [6.07, 6.45) is 6.62. The molecule has 0 unspecified atom stereocenters. The maximum atomic E-state index is 12.8. The third kappa shape index (κ3) is 3.60. The highest BCUT2D eigenvalue weighted by atomic mass is 16.6. The van der Waals surface area contributed by atoms with E-state index >= 15 is 0 Å². The number of pyridine rings is 1. The normalized spacial score (nSPS) is 17.1. The highest BCUT2D eigenvalue weighted by Crippen LogP contribution is 2.43. The van der Waals surface area contributed by atoms with Gasteiger partial charge in [-0.2, -0.15) is 0 Å². The second kappa shape index (κ2) is 7.98. The highest BCUT2D eigenvalue weighted by molar-refractivity contribution is 5.87. The Morgan fingerprint density at radius 3 is 2.67 bits per heavy atom. The molecule has 1 aromatic heterocycles. The monoisotopic (exact) mass is 402 g/mol. The third-order valence-corrected chi connectivity index (χ3v) is 6.41. The van der Waals surface area contributed by atoms with Crippen LogP contribution < -0.4 is 14.8 Å². The Morgan fingerprint density at radius 2 is 1.80 bits per heavy atom. The van der Waals surface area contributed by atoms with Crippen LogP contribution in [0, 0.1) is 0 Å². The summed E-state index contributed by atoms with van der Waals surface area (Å²) >= 11 is 0. The van der Waals surface area contributed by atoms with E-state index in [2.05, 4.69) is 22.4 Å². The average molecular weight is 402 g/mol. The molecule has 1 aliphatic carbocycles. The zero-order chi connectivity index (χ0) is 20.4. The van der Waals surface area contributed by atoms with Crippen LogP contribution in [0.15, 0.2) is 54.7 Å². The third-order valence-electron chi connectivity index (χ3n) is 6.41. The van der Waals surface area contributed by atoms with E-state index in [0.717, 1.165) is 40.8 Å². The first kappa shape index (κ1) is 18.9. The van der Waals surface area contributed by atoms with Crippen molar-refractivity contribution in [1.29, 1.82) is 0 Å². The number of carbonyl (C=O) groups excluding carboxylic acids is 1. The van der Waals surface area contributed by atoms with E-state index in [0.29, 0.717) is 26.2 Å². The first-order chi connectivity index (χ1) is 14.7. The molecule has 1 N–H and O–H groups in total. The molecular weight excluding hydrogens is 376 g/mol. The zero-order valence-electron chi connectivity index (χ0n) is 17.0. The van der Waals surface area contributed by atoms with E-state index in [1.54, 1.807) is 6.20 Å². The van der Waals surface area contributed by atoms with Crippen molar-refractivity contribution in [2.75, 3.05) is 19.8 Å². The molecule has 2 heterocycles. The maximum Gasteiger partial charge on any atom is 0.224 e. The summed E-state index contributed by atoms with van der Waals surface area (Å²) in [5.41, 5.74) is 3.06. The number of rotatable bonds is 5. The highest BCUT2D eigenvalue weighted by Gasteiger charge is 2.36. The Bertz CT molecular complexity index is 1070. The van der Waals surface area contributed by atoms with Crippen molar-refractivity contribution in [3.63, 3.8) is 0 Å². The van der Waals surface area contributed by atoms with Crippen molar-refractivity contribution in [3.05, 3.63) is 65.9 Å². The summed E-state index contributed by atoms with van der Waals surface area (Å²) in [4.78, 5) is 17.3. The molecule has 1 amide bonds. The van der Waals surface area contributed by atoms with Crippen molar-refractivity contribution < 1.29 is 14.3 Å². The molecule has 5 heteroatoms. The largest absolute Gasteiger partial charge is 0.486 e. The Labute approximate surface area is 176 Å². The SMILES string of the molecule is O=C(Cc1cccc2cccnc12)NCC1(c2ccc3c(c2)OCCO3)CCCC1. The molecule has 5 rings (SSSR count). The number of nitrogens with zero attached hydrogens (tertiary/aromatic N) is 1. The Hall–Kier alpha value is -3.08. The first-order valence-electron chi connectivity index (χ1n) is 10.7. The molecule has 0 radical (unpaired) electrons. The van der Waals surface area contributed by atoms with Crippen LogP contribution in [-0.4, -0.2) is 30.6 Å². The van der Waals surface area contributed by atoms with Crippen LogP contribution in [0.4, 0.5) is 0 Å². The molecule has 1 saturated carbocycles. The Balaban J connectivity index is 1.32. The number of ether oxygens (including phenoxy) is 2. The van der Waals surface area contributed by atoms with Crippen LogP contribution in [-0.2, 0) is 16.6 Å². The molecule has 2 aliphatic rings. The van der Waals surface area contributed by atoms with Crippen molar-refractivity contribution in [3.8, 4) is 11.5 Å². The molecule has 0 spiro atoms. The predicted molar refractivity (Wildman–Crippen MR) is 116 cm³/mol. The maximum absolute atomic E-state index is 12.8. The minimum Gasteiger partial charge on any atom is -0.486 e. The van der Waals surface area contributed by atoms with Gasteiger partial charge >= 0.3 is 0 Å². The average Bonchev–Trinajstić information content (AvgIpc) is 3.28. The van der Waals surface area contributed by atoms with Gasteiger partial charge < -0.3 is 14.8 Å². The van der Waals surface area contributed by atoms with Gasteiger partial charge in [-0.15, -0.1) is 0 Å². The van der Waals surface area contributed by atoms with E-state index in [-0.39, 0.29) is 11.3 Å². The van der Waals surface area contributed by atoms with Crippen molar-refractivity contribution >= 4 is 16.8 Å². The molecule has 30 heavy (non-hydrogen) atoms. The molecule has 3 aromatic rings. The molecule has 0 atom stereocenters. The van der Waals surface area contributed by atoms with Crippen molar-refractivity contribution in [2.45, 2.75) is 37.5 Å². The van der Waals surface area contributed by atoms with E-state index in [9.17, 15) is 4.79 Å². The molecule has 5 nitrogen and oxygen atoms in total. The number of amides is 1. The molecule has 1 fully saturated rings. The summed E-state index contributed by atoms with van der Waals surface area (Å²) in [5.74, 6) is 1.67. The van der Waals surface area contributed by atoms with Gasteiger partial charge in [-0.05, 0) is 42.2 Å². The summed E-state index contributed by atoms with van der Waals surface area (Å²) in [7, 11) is 0. The number of carbonyl (C=O) groups is 1. The summed E-state index contributed by atoms with van der Waals surface area (Å²) in [5, 5.41) is 4.28. The van der Waals surface area contributed by atoms with Crippen LogP contribution >= 0.6 is 0 Å². The predicted octanol–water partition coefficient (Wildman–Crippen LogP) is 4.18. The number of hydrogen-bond acceptors (Lipinski definition) is 4. The molecule has 0 saturated heterocycles. The van der Waals surface area contributed by atoms with Gasteiger partial charge in [0, 0.05) is 23.5 Å². The van der Waals surface area contributed by atoms with E-state index in [1.807, 2.05) is 36.4 Å². The minimum atomic E-state index is -0.0392. The Morgan fingerprint density at radius 1 is 1.00 bits per heavy atom. The molecular formula is C25H26N2O3. The first-order valence-corrected chi connectivity index (χ1v) is 10.7. The van der Waals surface area contributed by atoms with Crippen molar-refractivity contribution in [1.82, 2.24) is 10.3 Å². The van der Waals surface area contributed by atoms with E-state index in [1.165, 1.54) is 18.4 Å². The van der Waals surface area contributed by atoms with Gasteiger partial charge in [0.15, 0.2) is 11.5 Å². The second-order valence-electron chi connectivity index (χ2n) is 8.29. The van der Waals surface area contributed by atoms with Gasteiger partial charge in [-0.1, -0.05) is 43.2 Å². The lowest BCUT2D eigenvalue weighted by atomic mass is 9.78. The van der Waals surface area contributed by atoms with Crippen LogP contribution in [0.5, 0.6) is 11.5 Å². The minimum absolute atomic E-state index is 0.0389. The number of fused-ring (bicyclic) bond motifs is 2. The lowest BCUT2D eigenvalue weighted by molar-refractivity contribution is -0.120. The van der Waals surface area contributed by atoms with Crippen LogP contribution in [0.25, 0.3) is 10.9 Å². The van der Waals surface area contributed by atoms with Gasteiger partial charge in [0.25, 0.3) is 0 Å². The summed E-state index contributed by atoms with van der Waals surface area (Å²) < 4.78 is 11.5. The molecule has 0 bridgehead atoms. The van der Waals surface area contributed by atoms with Crippen LogP contribution in [0.2, 0.25) is 0 Å². The fourth-order valence-corrected chi connectivity index (χ4v) is 4.81. The lowest BCUT2D eigenvalue weighted by Crippen LogP contribution is -2.39. The number of para-hydroxylation sites is 1. The van der Waals surface area contributed by atoms with E-state index < -0.39 is 0 Å². The van der Waals surface area contributed by atoms with Gasteiger partial charge in [0.05, 0.1) is 11.9 Å². The fourth-order valence-electron chi connectivity index (χ4n) is 4.81. The molecule has 1 aliphatic heterocycles.